The summed E-state index contributed by atoms with van der Waals surface area (Å²) in [6.45, 7) is 1.03. The fourth-order valence-corrected chi connectivity index (χ4v) is 2.36. The number of carboxylic acids is 1. The van der Waals surface area contributed by atoms with E-state index in [9.17, 15) is 9.59 Å². The SMILES string of the molecule is O=C(O)C1CCCN(C(=O)CCc2ccncc2)C1. The first-order valence-corrected chi connectivity index (χ1v) is 6.56. The van der Waals surface area contributed by atoms with E-state index in [1.54, 1.807) is 17.3 Å². The van der Waals surface area contributed by atoms with Gasteiger partial charge in [-0.1, -0.05) is 0 Å². The number of carbonyl (C=O) groups excluding carboxylic acids is 1. The van der Waals surface area contributed by atoms with Gasteiger partial charge in [0.05, 0.1) is 5.92 Å². The molecule has 0 aromatic carbocycles. The van der Waals surface area contributed by atoms with Crippen LogP contribution in [0.1, 0.15) is 24.8 Å². The van der Waals surface area contributed by atoms with Gasteiger partial charge >= 0.3 is 5.97 Å². The quantitative estimate of drug-likeness (QED) is 0.888. The fourth-order valence-electron chi connectivity index (χ4n) is 2.36. The molecule has 1 saturated heterocycles. The molecule has 0 bridgehead atoms. The van der Waals surface area contributed by atoms with Gasteiger partial charge in [0.2, 0.25) is 5.91 Å². The standard InChI is InChI=1S/C14H18N2O3/c17-13(4-3-11-5-7-15-8-6-11)16-9-1-2-12(10-16)14(18)19/h5-8,12H,1-4,9-10H2,(H,18,19). The summed E-state index contributed by atoms with van der Waals surface area (Å²) in [7, 11) is 0. The fraction of sp³-hybridized carbons (Fsp3) is 0.500. The van der Waals surface area contributed by atoms with E-state index in [2.05, 4.69) is 4.98 Å². The summed E-state index contributed by atoms with van der Waals surface area (Å²) in [5, 5.41) is 9.00. The Balaban J connectivity index is 1.84. The molecule has 0 aliphatic carbocycles. The van der Waals surface area contributed by atoms with Gasteiger partial charge in [-0.05, 0) is 37.0 Å². The van der Waals surface area contributed by atoms with Crippen molar-refractivity contribution in [3.05, 3.63) is 30.1 Å². The van der Waals surface area contributed by atoms with Crippen molar-refractivity contribution in [1.29, 1.82) is 0 Å². The summed E-state index contributed by atoms with van der Waals surface area (Å²) in [6.07, 6.45) is 5.97. The smallest absolute Gasteiger partial charge is 0.308 e. The van der Waals surface area contributed by atoms with Crippen LogP contribution in [0.3, 0.4) is 0 Å². The van der Waals surface area contributed by atoms with Gasteiger partial charge in [-0.3, -0.25) is 14.6 Å². The zero-order chi connectivity index (χ0) is 13.7. The Bertz CT molecular complexity index is 447. The molecule has 1 N–H and O–H groups in total. The molecule has 2 heterocycles. The summed E-state index contributed by atoms with van der Waals surface area (Å²) in [4.78, 5) is 28.6. The minimum atomic E-state index is -0.799. The van der Waals surface area contributed by atoms with E-state index >= 15 is 0 Å². The minimum absolute atomic E-state index is 0.0442. The van der Waals surface area contributed by atoms with Crippen molar-refractivity contribution in [3.8, 4) is 0 Å². The van der Waals surface area contributed by atoms with Crippen molar-refractivity contribution in [2.75, 3.05) is 13.1 Å². The van der Waals surface area contributed by atoms with Gasteiger partial charge in [0.15, 0.2) is 0 Å². The van der Waals surface area contributed by atoms with Gasteiger partial charge < -0.3 is 10.0 Å². The van der Waals surface area contributed by atoms with Crippen LogP contribution in [-0.2, 0) is 16.0 Å². The molecule has 1 unspecified atom stereocenters. The normalized spacial score (nSPS) is 19.2. The first kappa shape index (κ1) is 13.5. The Labute approximate surface area is 112 Å². The number of aliphatic carboxylic acids is 1. The minimum Gasteiger partial charge on any atom is -0.481 e. The molecule has 1 aromatic heterocycles. The van der Waals surface area contributed by atoms with Gasteiger partial charge in [-0.15, -0.1) is 0 Å². The number of carbonyl (C=O) groups is 2. The van der Waals surface area contributed by atoms with Crippen LogP contribution in [0.15, 0.2) is 24.5 Å². The zero-order valence-corrected chi connectivity index (χ0v) is 10.8. The molecule has 0 radical (unpaired) electrons. The van der Waals surface area contributed by atoms with E-state index in [4.69, 9.17) is 5.11 Å². The molecule has 5 nitrogen and oxygen atoms in total. The van der Waals surface area contributed by atoms with E-state index < -0.39 is 11.9 Å². The van der Waals surface area contributed by atoms with Crippen molar-refractivity contribution >= 4 is 11.9 Å². The Kier molecular flexibility index (Phi) is 4.49. The van der Waals surface area contributed by atoms with E-state index in [0.717, 1.165) is 12.0 Å². The molecule has 102 valence electrons. The van der Waals surface area contributed by atoms with Crippen molar-refractivity contribution < 1.29 is 14.7 Å². The van der Waals surface area contributed by atoms with E-state index in [1.807, 2.05) is 12.1 Å². The Morgan fingerprint density at radius 3 is 2.79 bits per heavy atom. The summed E-state index contributed by atoms with van der Waals surface area (Å²) in [6, 6.07) is 3.78. The van der Waals surface area contributed by atoms with E-state index in [1.165, 1.54) is 0 Å². The first-order valence-electron chi connectivity index (χ1n) is 6.56. The maximum Gasteiger partial charge on any atom is 0.308 e. The number of hydrogen-bond acceptors (Lipinski definition) is 3. The number of amides is 1. The predicted octanol–water partition coefficient (Wildman–Crippen LogP) is 1.34. The van der Waals surface area contributed by atoms with Crippen LogP contribution in [0.25, 0.3) is 0 Å². The first-order chi connectivity index (χ1) is 9.16. The lowest BCUT2D eigenvalue weighted by Crippen LogP contribution is -2.42. The maximum atomic E-state index is 12.1. The number of piperidine rings is 1. The summed E-state index contributed by atoms with van der Waals surface area (Å²) < 4.78 is 0. The number of rotatable bonds is 4. The lowest BCUT2D eigenvalue weighted by atomic mass is 9.98. The van der Waals surface area contributed by atoms with Crippen LogP contribution >= 0.6 is 0 Å². The number of aromatic nitrogens is 1. The topological polar surface area (TPSA) is 70.5 Å². The molecule has 1 aliphatic heterocycles. The molecule has 1 amide bonds. The molecular weight excluding hydrogens is 244 g/mol. The van der Waals surface area contributed by atoms with Gasteiger partial charge in [0.1, 0.15) is 0 Å². The summed E-state index contributed by atoms with van der Waals surface area (Å²) in [5.74, 6) is -1.16. The Morgan fingerprint density at radius 1 is 1.37 bits per heavy atom. The van der Waals surface area contributed by atoms with Gasteiger partial charge in [0.25, 0.3) is 0 Å². The highest BCUT2D eigenvalue weighted by atomic mass is 16.4. The van der Waals surface area contributed by atoms with Crippen LogP contribution in [0.2, 0.25) is 0 Å². The van der Waals surface area contributed by atoms with E-state index in [-0.39, 0.29) is 5.91 Å². The number of likely N-dealkylation sites (tertiary alicyclic amines) is 1. The largest absolute Gasteiger partial charge is 0.481 e. The van der Waals surface area contributed by atoms with E-state index in [0.29, 0.717) is 32.4 Å². The van der Waals surface area contributed by atoms with Crippen molar-refractivity contribution in [2.24, 2.45) is 5.92 Å². The molecule has 2 rings (SSSR count). The Morgan fingerprint density at radius 2 is 2.11 bits per heavy atom. The second-order valence-corrected chi connectivity index (χ2v) is 4.87. The highest BCUT2D eigenvalue weighted by Gasteiger charge is 2.27. The molecule has 1 atom stereocenters. The van der Waals surface area contributed by atoms with Crippen LogP contribution in [0.5, 0.6) is 0 Å². The molecule has 0 saturated carbocycles. The third-order valence-electron chi connectivity index (χ3n) is 3.50. The average molecular weight is 262 g/mol. The molecule has 1 aromatic rings. The predicted molar refractivity (Wildman–Crippen MR) is 69.5 cm³/mol. The highest BCUT2D eigenvalue weighted by molar-refractivity contribution is 5.78. The van der Waals surface area contributed by atoms with Gasteiger partial charge in [0, 0.05) is 31.9 Å². The molecule has 5 heteroatoms. The van der Waals surface area contributed by atoms with Crippen LogP contribution in [0, 0.1) is 5.92 Å². The van der Waals surface area contributed by atoms with Crippen LogP contribution < -0.4 is 0 Å². The second kappa shape index (κ2) is 6.31. The third-order valence-corrected chi connectivity index (χ3v) is 3.50. The maximum absolute atomic E-state index is 12.1. The highest BCUT2D eigenvalue weighted by Crippen LogP contribution is 2.17. The molecule has 1 fully saturated rings. The average Bonchev–Trinajstić information content (AvgIpc) is 2.46. The van der Waals surface area contributed by atoms with Gasteiger partial charge in [-0.2, -0.15) is 0 Å². The number of nitrogens with zero attached hydrogens (tertiary/aromatic N) is 2. The monoisotopic (exact) mass is 262 g/mol. The number of pyridine rings is 1. The van der Waals surface area contributed by atoms with Crippen molar-refractivity contribution in [2.45, 2.75) is 25.7 Å². The lowest BCUT2D eigenvalue weighted by Gasteiger charge is -2.30. The van der Waals surface area contributed by atoms with Crippen molar-refractivity contribution in [3.63, 3.8) is 0 Å². The van der Waals surface area contributed by atoms with Crippen LogP contribution in [-0.4, -0.2) is 40.0 Å². The number of carboxylic acid groups (broad SMARTS) is 1. The third kappa shape index (κ3) is 3.77. The summed E-state index contributed by atoms with van der Waals surface area (Å²) in [5.41, 5.74) is 1.08. The van der Waals surface area contributed by atoms with Crippen LogP contribution in [0.4, 0.5) is 0 Å². The van der Waals surface area contributed by atoms with Gasteiger partial charge in [-0.25, -0.2) is 0 Å². The second-order valence-electron chi connectivity index (χ2n) is 4.87. The number of hydrogen-bond donors (Lipinski definition) is 1. The molecule has 19 heavy (non-hydrogen) atoms. The molecular formula is C14H18N2O3. The van der Waals surface area contributed by atoms with Crippen molar-refractivity contribution in [1.82, 2.24) is 9.88 Å². The Hall–Kier alpha value is -1.91. The zero-order valence-electron chi connectivity index (χ0n) is 10.8. The lowest BCUT2D eigenvalue weighted by molar-refractivity contribution is -0.145. The summed E-state index contributed by atoms with van der Waals surface area (Å²) >= 11 is 0. The molecule has 0 spiro atoms. The molecule has 1 aliphatic rings. The number of aryl methyl sites for hydroxylation is 1.